The molecule has 29 heavy (non-hydrogen) atoms. The molecule has 0 saturated heterocycles. The first-order valence-electron chi connectivity index (χ1n) is 9.91. The van der Waals surface area contributed by atoms with Gasteiger partial charge in [0.15, 0.2) is 0 Å². The number of benzene rings is 3. The molecule has 0 amide bonds. The molecule has 0 radical (unpaired) electrons. The summed E-state index contributed by atoms with van der Waals surface area (Å²) in [4.78, 5) is 18.3. The van der Waals surface area contributed by atoms with Gasteiger partial charge in [-0.15, -0.1) is 0 Å². The first-order chi connectivity index (χ1) is 14.0. The fourth-order valence-corrected chi connectivity index (χ4v) is 3.69. The normalized spacial score (nSPS) is 12.2. The summed E-state index contributed by atoms with van der Waals surface area (Å²) in [7, 11) is 0. The molecule has 146 valence electrons. The summed E-state index contributed by atoms with van der Waals surface area (Å²) in [5, 5.41) is 4.16. The molecule has 4 heteroatoms. The lowest BCUT2D eigenvalue weighted by molar-refractivity contribution is 0.532. The van der Waals surface area contributed by atoms with E-state index in [1.165, 1.54) is 11.1 Å². The summed E-state index contributed by atoms with van der Waals surface area (Å²) in [6.07, 6.45) is 0. The quantitative estimate of drug-likeness (QED) is 0.536. The van der Waals surface area contributed by atoms with Crippen LogP contribution in [0, 0.1) is 13.8 Å². The van der Waals surface area contributed by atoms with E-state index in [1.807, 2.05) is 61.5 Å². The van der Waals surface area contributed by atoms with Crippen LogP contribution in [0.1, 0.15) is 35.5 Å². The van der Waals surface area contributed by atoms with E-state index < -0.39 is 0 Å². The Balaban J connectivity index is 1.84. The first-order valence-corrected chi connectivity index (χ1v) is 9.91. The van der Waals surface area contributed by atoms with Gasteiger partial charge in [-0.25, -0.2) is 4.98 Å². The summed E-state index contributed by atoms with van der Waals surface area (Å²) in [6, 6.07) is 23.8. The Kier molecular flexibility index (Phi) is 5.28. The third kappa shape index (κ3) is 3.84. The van der Waals surface area contributed by atoms with Crippen molar-refractivity contribution in [1.29, 1.82) is 0 Å². The molecule has 1 heterocycles. The second-order valence-electron chi connectivity index (χ2n) is 7.51. The average Bonchev–Trinajstić information content (AvgIpc) is 2.73. The largest absolute Gasteiger partial charge is 0.303 e. The summed E-state index contributed by atoms with van der Waals surface area (Å²) in [6.45, 7) is 6.86. The number of fused-ring (bicyclic) bond motifs is 1. The minimum absolute atomic E-state index is 0.0362. The lowest BCUT2D eigenvalue weighted by Gasteiger charge is -2.21. The van der Waals surface area contributed by atoms with Crippen molar-refractivity contribution in [2.75, 3.05) is 0 Å². The Morgan fingerprint density at radius 3 is 2.45 bits per heavy atom. The van der Waals surface area contributed by atoms with Gasteiger partial charge in [0.2, 0.25) is 0 Å². The van der Waals surface area contributed by atoms with Gasteiger partial charge in [-0.1, -0.05) is 60.2 Å². The zero-order valence-corrected chi connectivity index (χ0v) is 17.0. The van der Waals surface area contributed by atoms with E-state index in [1.54, 1.807) is 4.57 Å². The van der Waals surface area contributed by atoms with Crippen molar-refractivity contribution in [1.82, 2.24) is 14.9 Å². The van der Waals surface area contributed by atoms with Crippen LogP contribution < -0.4 is 10.9 Å². The predicted molar refractivity (Wildman–Crippen MR) is 119 cm³/mol. The molecule has 3 aromatic carbocycles. The Morgan fingerprint density at radius 1 is 0.966 bits per heavy atom. The van der Waals surface area contributed by atoms with Gasteiger partial charge in [-0.3, -0.25) is 9.36 Å². The number of para-hydroxylation sites is 1. The molecule has 1 N–H and O–H groups in total. The number of hydrogen-bond donors (Lipinski definition) is 1. The van der Waals surface area contributed by atoms with E-state index in [0.29, 0.717) is 11.9 Å². The molecule has 4 nitrogen and oxygen atoms in total. The fourth-order valence-electron chi connectivity index (χ4n) is 3.69. The van der Waals surface area contributed by atoms with Gasteiger partial charge in [0.25, 0.3) is 5.56 Å². The number of aryl methyl sites for hydroxylation is 2. The highest BCUT2D eigenvalue weighted by molar-refractivity contribution is 5.78. The minimum atomic E-state index is -0.104. The molecule has 0 spiro atoms. The third-order valence-electron chi connectivity index (χ3n) is 5.24. The maximum absolute atomic E-state index is 13.5. The number of rotatable bonds is 5. The predicted octanol–water partition coefficient (Wildman–Crippen LogP) is 4.85. The van der Waals surface area contributed by atoms with Crippen molar-refractivity contribution < 1.29 is 0 Å². The molecule has 0 saturated carbocycles. The van der Waals surface area contributed by atoms with Crippen LogP contribution in [0.15, 0.2) is 77.6 Å². The number of aromatic nitrogens is 2. The van der Waals surface area contributed by atoms with Crippen LogP contribution in [-0.2, 0) is 6.54 Å². The highest BCUT2D eigenvalue weighted by Crippen LogP contribution is 2.21. The lowest BCUT2D eigenvalue weighted by Crippen LogP contribution is -2.30. The average molecular weight is 383 g/mol. The third-order valence-corrected chi connectivity index (χ3v) is 5.24. The van der Waals surface area contributed by atoms with Gasteiger partial charge in [0.1, 0.15) is 5.82 Å². The van der Waals surface area contributed by atoms with Gasteiger partial charge in [0.05, 0.1) is 22.6 Å². The molecule has 4 rings (SSSR count). The van der Waals surface area contributed by atoms with E-state index in [2.05, 4.69) is 37.4 Å². The topological polar surface area (TPSA) is 46.9 Å². The van der Waals surface area contributed by atoms with E-state index in [-0.39, 0.29) is 11.6 Å². The van der Waals surface area contributed by atoms with Crippen LogP contribution in [0.25, 0.3) is 16.6 Å². The highest BCUT2D eigenvalue weighted by Gasteiger charge is 2.18. The molecule has 0 aliphatic heterocycles. The van der Waals surface area contributed by atoms with E-state index in [4.69, 9.17) is 4.98 Å². The first kappa shape index (κ1) is 19.1. The Morgan fingerprint density at radius 2 is 1.69 bits per heavy atom. The highest BCUT2D eigenvalue weighted by atomic mass is 16.1. The Bertz CT molecular complexity index is 1210. The van der Waals surface area contributed by atoms with Gasteiger partial charge >= 0.3 is 0 Å². The van der Waals surface area contributed by atoms with Crippen molar-refractivity contribution in [2.45, 2.75) is 33.4 Å². The smallest absolute Gasteiger partial charge is 0.266 e. The molecular formula is C25H25N3O. The summed E-state index contributed by atoms with van der Waals surface area (Å²) < 4.78 is 1.76. The number of nitrogens with one attached hydrogen (secondary N) is 1. The van der Waals surface area contributed by atoms with Gasteiger partial charge in [-0.05, 0) is 50.1 Å². The molecule has 1 atom stereocenters. The Hall–Kier alpha value is -3.24. The van der Waals surface area contributed by atoms with Crippen molar-refractivity contribution in [3.8, 4) is 5.69 Å². The van der Waals surface area contributed by atoms with Crippen LogP contribution in [0.4, 0.5) is 0 Å². The second kappa shape index (κ2) is 8.02. The van der Waals surface area contributed by atoms with Crippen LogP contribution in [0.5, 0.6) is 0 Å². The molecule has 1 aromatic heterocycles. The SMILES string of the molecule is Cc1ccc(-n2c([C@@H](C)NCc3ccccc3)nc3ccccc3c2=O)c(C)c1. The van der Waals surface area contributed by atoms with Crippen LogP contribution >= 0.6 is 0 Å². The number of hydrogen-bond acceptors (Lipinski definition) is 3. The molecule has 0 unspecified atom stereocenters. The maximum atomic E-state index is 13.5. The summed E-state index contributed by atoms with van der Waals surface area (Å²) >= 11 is 0. The minimum Gasteiger partial charge on any atom is -0.303 e. The zero-order valence-electron chi connectivity index (χ0n) is 17.0. The molecular weight excluding hydrogens is 358 g/mol. The van der Waals surface area contributed by atoms with Crippen LogP contribution in [-0.4, -0.2) is 9.55 Å². The maximum Gasteiger partial charge on any atom is 0.266 e. The van der Waals surface area contributed by atoms with Crippen molar-refractivity contribution in [3.63, 3.8) is 0 Å². The van der Waals surface area contributed by atoms with Gasteiger partial charge < -0.3 is 5.32 Å². The monoisotopic (exact) mass is 383 g/mol. The molecule has 0 bridgehead atoms. The van der Waals surface area contributed by atoms with Gasteiger partial charge in [-0.2, -0.15) is 0 Å². The van der Waals surface area contributed by atoms with Gasteiger partial charge in [0, 0.05) is 6.54 Å². The second-order valence-corrected chi connectivity index (χ2v) is 7.51. The van der Waals surface area contributed by atoms with E-state index >= 15 is 0 Å². The molecule has 4 aromatic rings. The van der Waals surface area contributed by atoms with E-state index in [0.717, 1.165) is 22.6 Å². The lowest BCUT2D eigenvalue weighted by atomic mass is 10.1. The molecule has 0 aliphatic rings. The number of nitrogens with zero attached hydrogens (tertiary/aromatic N) is 2. The standard InChI is InChI=1S/C25H25N3O/c1-17-13-14-23(18(2)15-17)28-24(19(3)26-16-20-9-5-4-6-10-20)27-22-12-8-7-11-21(22)25(28)29/h4-15,19,26H,16H2,1-3H3/t19-/m1/s1. The van der Waals surface area contributed by atoms with E-state index in [9.17, 15) is 4.79 Å². The van der Waals surface area contributed by atoms with Crippen molar-refractivity contribution in [3.05, 3.63) is 106 Å². The van der Waals surface area contributed by atoms with Crippen LogP contribution in [0.3, 0.4) is 0 Å². The van der Waals surface area contributed by atoms with Crippen LogP contribution in [0.2, 0.25) is 0 Å². The fraction of sp³-hybridized carbons (Fsp3) is 0.200. The zero-order chi connectivity index (χ0) is 20.4. The summed E-state index contributed by atoms with van der Waals surface area (Å²) in [5.74, 6) is 0.719. The Labute approximate surface area is 170 Å². The molecule has 0 aliphatic carbocycles. The van der Waals surface area contributed by atoms with Crippen molar-refractivity contribution in [2.24, 2.45) is 0 Å². The van der Waals surface area contributed by atoms with Crippen molar-refractivity contribution >= 4 is 10.9 Å². The summed E-state index contributed by atoms with van der Waals surface area (Å²) in [5.41, 5.74) is 4.99. The molecule has 0 fully saturated rings.